The van der Waals surface area contributed by atoms with Crippen LogP contribution in [0.15, 0.2) is 59.1 Å². The van der Waals surface area contributed by atoms with Gasteiger partial charge in [-0.3, -0.25) is 20.4 Å². The minimum absolute atomic E-state index is 0.262. The van der Waals surface area contributed by atoms with Crippen molar-refractivity contribution in [2.45, 2.75) is 6.92 Å². The van der Waals surface area contributed by atoms with Crippen molar-refractivity contribution in [2.24, 2.45) is 0 Å². The summed E-state index contributed by atoms with van der Waals surface area (Å²) in [6, 6.07) is 15.6. The molecule has 0 radical (unpaired) electrons. The van der Waals surface area contributed by atoms with E-state index >= 15 is 0 Å². The summed E-state index contributed by atoms with van der Waals surface area (Å²) in [7, 11) is 0. The molecule has 3 aromatic rings. The van der Waals surface area contributed by atoms with Crippen LogP contribution in [0.4, 0.5) is 0 Å². The monoisotopic (exact) mass is 355 g/mol. The first-order valence-electron chi connectivity index (χ1n) is 7.44. The van der Waals surface area contributed by atoms with Crippen LogP contribution in [0.5, 0.6) is 0 Å². The van der Waals surface area contributed by atoms with Gasteiger partial charge in [-0.1, -0.05) is 53.2 Å². The Balaban J connectivity index is 1.76. The Morgan fingerprint density at radius 2 is 1.72 bits per heavy atom. The van der Waals surface area contributed by atoms with Crippen LogP contribution < -0.4 is 10.9 Å². The van der Waals surface area contributed by atoms with Crippen LogP contribution in [-0.4, -0.2) is 17.0 Å². The van der Waals surface area contributed by atoms with E-state index in [-0.39, 0.29) is 5.56 Å². The second-order valence-corrected chi connectivity index (χ2v) is 5.68. The van der Waals surface area contributed by atoms with E-state index in [1.807, 2.05) is 30.3 Å². The van der Waals surface area contributed by atoms with Gasteiger partial charge in [0.2, 0.25) is 0 Å². The predicted octanol–water partition coefficient (Wildman–Crippen LogP) is 3.38. The van der Waals surface area contributed by atoms with E-state index in [1.54, 1.807) is 25.1 Å². The molecule has 25 heavy (non-hydrogen) atoms. The lowest BCUT2D eigenvalue weighted by atomic mass is 10.1. The number of rotatable bonds is 3. The molecule has 2 amide bonds. The number of amides is 2. The molecule has 3 rings (SSSR count). The number of nitrogens with zero attached hydrogens (tertiary/aromatic N) is 1. The van der Waals surface area contributed by atoms with Gasteiger partial charge in [0.25, 0.3) is 11.8 Å². The highest BCUT2D eigenvalue weighted by atomic mass is 35.5. The topological polar surface area (TPSA) is 84.2 Å². The van der Waals surface area contributed by atoms with Gasteiger partial charge in [-0.05, 0) is 25.1 Å². The number of halogens is 1. The third-order valence-electron chi connectivity index (χ3n) is 3.51. The molecular weight excluding hydrogens is 342 g/mol. The third-order valence-corrected chi connectivity index (χ3v) is 3.75. The number of benzene rings is 2. The molecule has 2 N–H and O–H groups in total. The lowest BCUT2D eigenvalue weighted by Gasteiger charge is -2.08. The van der Waals surface area contributed by atoms with Gasteiger partial charge in [-0.2, -0.15) is 0 Å². The molecule has 2 aromatic carbocycles. The van der Waals surface area contributed by atoms with Crippen molar-refractivity contribution in [3.63, 3.8) is 0 Å². The minimum Gasteiger partial charge on any atom is -0.360 e. The average Bonchev–Trinajstić information content (AvgIpc) is 3.02. The lowest BCUT2D eigenvalue weighted by molar-refractivity contribution is 0.0846. The molecule has 0 aliphatic rings. The summed E-state index contributed by atoms with van der Waals surface area (Å²) in [5.41, 5.74) is 6.47. The molecule has 0 atom stereocenters. The van der Waals surface area contributed by atoms with Gasteiger partial charge in [0, 0.05) is 16.1 Å². The first-order chi connectivity index (χ1) is 12.1. The van der Waals surface area contributed by atoms with E-state index in [4.69, 9.17) is 16.1 Å². The molecular formula is C18H14ClN3O3. The summed E-state index contributed by atoms with van der Waals surface area (Å²) in [6.07, 6.45) is 0. The highest BCUT2D eigenvalue weighted by Crippen LogP contribution is 2.24. The maximum atomic E-state index is 12.5. The number of hydrogen-bond donors (Lipinski definition) is 2. The van der Waals surface area contributed by atoms with Crippen LogP contribution in [0.2, 0.25) is 5.02 Å². The Kier molecular flexibility index (Phi) is 4.81. The number of nitrogens with one attached hydrogen (secondary N) is 2. The Hall–Kier alpha value is -3.12. The second kappa shape index (κ2) is 7.19. The number of carbonyl (C=O) groups is 2. The van der Waals surface area contributed by atoms with Crippen molar-refractivity contribution in [3.05, 3.63) is 76.5 Å². The highest BCUT2D eigenvalue weighted by molar-refractivity contribution is 6.31. The smallest absolute Gasteiger partial charge is 0.275 e. The molecule has 0 saturated carbocycles. The van der Waals surface area contributed by atoms with Gasteiger partial charge in [0.1, 0.15) is 17.0 Å². The molecule has 0 aliphatic heterocycles. The van der Waals surface area contributed by atoms with Crippen molar-refractivity contribution in [1.29, 1.82) is 0 Å². The second-order valence-electron chi connectivity index (χ2n) is 5.25. The maximum absolute atomic E-state index is 12.5. The SMILES string of the molecule is Cc1onc(-c2ccccc2)c1C(=O)NNC(=O)c1cccc(Cl)c1. The van der Waals surface area contributed by atoms with E-state index in [1.165, 1.54) is 6.07 Å². The highest BCUT2D eigenvalue weighted by Gasteiger charge is 2.22. The zero-order valence-electron chi connectivity index (χ0n) is 13.2. The normalized spacial score (nSPS) is 10.3. The molecule has 0 spiro atoms. The van der Waals surface area contributed by atoms with Gasteiger partial charge < -0.3 is 4.52 Å². The fourth-order valence-corrected chi connectivity index (χ4v) is 2.50. The van der Waals surface area contributed by atoms with Crippen molar-refractivity contribution >= 4 is 23.4 Å². The molecule has 6 nitrogen and oxygen atoms in total. The molecule has 7 heteroatoms. The Bertz CT molecular complexity index is 922. The molecule has 0 fully saturated rings. The van der Waals surface area contributed by atoms with Crippen LogP contribution in [0.25, 0.3) is 11.3 Å². The molecule has 0 saturated heterocycles. The van der Waals surface area contributed by atoms with E-state index in [2.05, 4.69) is 16.0 Å². The van der Waals surface area contributed by atoms with Crippen LogP contribution in [0, 0.1) is 6.92 Å². The summed E-state index contributed by atoms with van der Waals surface area (Å²) < 4.78 is 5.14. The number of aromatic nitrogens is 1. The van der Waals surface area contributed by atoms with Crippen LogP contribution in [-0.2, 0) is 0 Å². The van der Waals surface area contributed by atoms with E-state index < -0.39 is 11.8 Å². The molecule has 0 unspecified atom stereocenters. The quantitative estimate of drug-likeness (QED) is 0.705. The number of hydrazine groups is 1. The summed E-state index contributed by atoms with van der Waals surface area (Å²) >= 11 is 5.85. The standard InChI is InChI=1S/C18H14ClN3O3/c1-11-15(16(22-25-11)12-6-3-2-4-7-12)18(24)21-20-17(23)13-8-5-9-14(19)10-13/h2-10H,1H3,(H,20,23)(H,21,24). The summed E-state index contributed by atoms with van der Waals surface area (Å²) in [5, 5.41) is 4.37. The summed E-state index contributed by atoms with van der Waals surface area (Å²) in [4.78, 5) is 24.6. The molecule has 126 valence electrons. The zero-order valence-corrected chi connectivity index (χ0v) is 14.0. The molecule has 1 heterocycles. The maximum Gasteiger partial charge on any atom is 0.275 e. The third kappa shape index (κ3) is 3.70. The van der Waals surface area contributed by atoms with Crippen LogP contribution in [0.1, 0.15) is 26.5 Å². The predicted molar refractivity (Wildman–Crippen MR) is 93.1 cm³/mol. The molecule has 1 aromatic heterocycles. The Morgan fingerprint density at radius 1 is 1.00 bits per heavy atom. The van der Waals surface area contributed by atoms with Crippen molar-refractivity contribution < 1.29 is 14.1 Å². The van der Waals surface area contributed by atoms with Crippen LogP contribution in [0.3, 0.4) is 0 Å². The van der Waals surface area contributed by atoms with E-state index in [0.29, 0.717) is 22.0 Å². The first-order valence-corrected chi connectivity index (χ1v) is 7.82. The fraction of sp³-hybridized carbons (Fsp3) is 0.0556. The Morgan fingerprint density at radius 3 is 2.44 bits per heavy atom. The minimum atomic E-state index is -0.520. The van der Waals surface area contributed by atoms with Gasteiger partial charge >= 0.3 is 0 Å². The number of carbonyl (C=O) groups excluding carboxylic acids is 2. The summed E-state index contributed by atoms with van der Waals surface area (Å²) in [6.45, 7) is 1.63. The zero-order chi connectivity index (χ0) is 17.8. The molecule has 0 aliphatic carbocycles. The van der Waals surface area contributed by atoms with Gasteiger partial charge in [0.15, 0.2) is 0 Å². The van der Waals surface area contributed by atoms with Crippen molar-refractivity contribution in [1.82, 2.24) is 16.0 Å². The fourth-order valence-electron chi connectivity index (χ4n) is 2.31. The number of hydrogen-bond acceptors (Lipinski definition) is 4. The largest absolute Gasteiger partial charge is 0.360 e. The van der Waals surface area contributed by atoms with Crippen molar-refractivity contribution in [3.8, 4) is 11.3 Å². The van der Waals surface area contributed by atoms with E-state index in [0.717, 1.165) is 5.56 Å². The summed E-state index contributed by atoms with van der Waals surface area (Å²) in [5.74, 6) is -0.646. The van der Waals surface area contributed by atoms with Gasteiger partial charge in [-0.15, -0.1) is 0 Å². The lowest BCUT2D eigenvalue weighted by Crippen LogP contribution is -2.41. The molecule has 0 bridgehead atoms. The van der Waals surface area contributed by atoms with E-state index in [9.17, 15) is 9.59 Å². The number of aryl methyl sites for hydroxylation is 1. The van der Waals surface area contributed by atoms with Gasteiger partial charge in [0.05, 0.1) is 0 Å². The Labute approximate surface area is 148 Å². The van der Waals surface area contributed by atoms with Crippen molar-refractivity contribution in [2.75, 3.05) is 0 Å². The van der Waals surface area contributed by atoms with Gasteiger partial charge in [-0.25, -0.2) is 0 Å². The van der Waals surface area contributed by atoms with Crippen LogP contribution >= 0.6 is 11.6 Å². The average molecular weight is 356 g/mol. The first kappa shape index (κ1) is 16.7.